The van der Waals surface area contributed by atoms with Crippen molar-refractivity contribution >= 4 is 15.9 Å². The first kappa shape index (κ1) is 13.6. The van der Waals surface area contributed by atoms with Crippen LogP contribution in [0.3, 0.4) is 0 Å². The second-order valence-corrected chi connectivity index (χ2v) is 5.32. The highest BCUT2D eigenvalue weighted by atomic mass is 79.9. The largest absolute Gasteiger partial charge is 0.383 e. The Morgan fingerprint density at radius 2 is 2.12 bits per heavy atom. The molecule has 1 aromatic rings. The van der Waals surface area contributed by atoms with Gasteiger partial charge in [-0.15, -0.1) is 0 Å². The van der Waals surface area contributed by atoms with E-state index in [2.05, 4.69) is 21.2 Å². The predicted octanol–water partition coefficient (Wildman–Crippen LogP) is 3.10. The molecule has 0 aromatic heterocycles. The molecular weight excluding hydrogens is 273 g/mol. The van der Waals surface area contributed by atoms with E-state index in [0.29, 0.717) is 18.7 Å². The second kappa shape index (κ2) is 5.75. The van der Waals surface area contributed by atoms with Crippen molar-refractivity contribution in [3.8, 4) is 0 Å². The van der Waals surface area contributed by atoms with Crippen molar-refractivity contribution in [2.75, 3.05) is 13.7 Å². The molecule has 1 aromatic carbocycles. The van der Waals surface area contributed by atoms with Gasteiger partial charge in [-0.1, -0.05) is 22.0 Å². The van der Waals surface area contributed by atoms with Gasteiger partial charge in [-0.3, -0.25) is 0 Å². The van der Waals surface area contributed by atoms with Crippen molar-refractivity contribution in [1.29, 1.82) is 0 Å². The number of hydrogen-bond acceptors (Lipinski definition) is 2. The highest BCUT2D eigenvalue weighted by molar-refractivity contribution is 9.10. The summed E-state index contributed by atoms with van der Waals surface area (Å²) in [6, 6.07) is 5.08. The van der Waals surface area contributed by atoms with E-state index < -0.39 is 0 Å². The molecule has 16 heavy (non-hydrogen) atoms. The fourth-order valence-electron chi connectivity index (χ4n) is 1.41. The van der Waals surface area contributed by atoms with E-state index >= 15 is 0 Å². The molecule has 0 aliphatic carbocycles. The maximum Gasteiger partial charge on any atom is 0.128 e. The van der Waals surface area contributed by atoms with E-state index in [1.807, 2.05) is 19.9 Å². The van der Waals surface area contributed by atoms with Crippen LogP contribution in [-0.2, 0) is 11.3 Å². The third kappa shape index (κ3) is 4.20. The van der Waals surface area contributed by atoms with Crippen LogP contribution in [0.2, 0.25) is 0 Å². The zero-order valence-electron chi connectivity index (χ0n) is 9.81. The number of hydrogen-bond donors (Lipinski definition) is 1. The predicted molar refractivity (Wildman–Crippen MR) is 66.9 cm³/mol. The molecule has 0 saturated carbocycles. The van der Waals surface area contributed by atoms with Crippen molar-refractivity contribution < 1.29 is 9.13 Å². The summed E-state index contributed by atoms with van der Waals surface area (Å²) in [4.78, 5) is 0. The van der Waals surface area contributed by atoms with Crippen LogP contribution in [0.1, 0.15) is 19.4 Å². The van der Waals surface area contributed by atoms with Gasteiger partial charge in [0, 0.05) is 29.2 Å². The lowest BCUT2D eigenvalue weighted by atomic mass is 10.1. The lowest BCUT2D eigenvalue weighted by molar-refractivity contribution is 0.127. The Morgan fingerprint density at radius 1 is 1.44 bits per heavy atom. The monoisotopic (exact) mass is 289 g/mol. The standard InChI is InChI=1S/C12H17BrFNO/c1-12(2,8-16-3)15-7-9-4-5-10(13)6-11(9)14/h4-6,15H,7-8H2,1-3H3. The molecule has 0 aliphatic rings. The molecule has 0 unspecified atom stereocenters. The Balaban J connectivity index is 2.61. The highest BCUT2D eigenvalue weighted by Crippen LogP contribution is 2.16. The number of ether oxygens (including phenoxy) is 1. The molecule has 1 N–H and O–H groups in total. The number of halogens is 2. The van der Waals surface area contributed by atoms with Crippen LogP contribution in [0.25, 0.3) is 0 Å². The Morgan fingerprint density at radius 3 is 2.69 bits per heavy atom. The fourth-order valence-corrected chi connectivity index (χ4v) is 1.74. The Labute approximate surface area is 104 Å². The van der Waals surface area contributed by atoms with Gasteiger partial charge in [0.1, 0.15) is 5.82 Å². The van der Waals surface area contributed by atoms with Gasteiger partial charge in [0.15, 0.2) is 0 Å². The molecule has 0 saturated heterocycles. The third-order valence-corrected chi connectivity index (χ3v) is 2.77. The number of rotatable bonds is 5. The molecule has 90 valence electrons. The van der Waals surface area contributed by atoms with Gasteiger partial charge in [-0.25, -0.2) is 4.39 Å². The van der Waals surface area contributed by atoms with Gasteiger partial charge in [0.2, 0.25) is 0 Å². The van der Waals surface area contributed by atoms with E-state index in [1.165, 1.54) is 6.07 Å². The molecule has 0 aliphatic heterocycles. The normalized spacial score (nSPS) is 11.8. The minimum Gasteiger partial charge on any atom is -0.383 e. The molecule has 0 atom stereocenters. The zero-order chi connectivity index (χ0) is 12.2. The summed E-state index contributed by atoms with van der Waals surface area (Å²) in [7, 11) is 1.66. The van der Waals surface area contributed by atoms with Gasteiger partial charge >= 0.3 is 0 Å². The maximum atomic E-state index is 13.5. The van der Waals surface area contributed by atoms with Crippen LogP contribution in [-0.4, -0.2) is 19.3 Å². The summed E-state index contributed by atoms with van der Waals surface area (Å²) in [5.74, 6) is -0.199. The summed E-state index contributed by atoms with van der Waals surface area (Å²) >= 11 is 3.23. The fraction of sp³-hybridized carbons (Fsp3) is 0.500. The topological polar surface area (TPSA) is 21.3 Å². The van der Waals surface area contributed by atoms with Crippen LogP contribution in [0.5, 0.6) is 0 Å². The zero-order valence-corrected chi connectivity index (χ0v) is 11.4. The van der Waals surface area contributed by atoms with E-state index in [9.17, 15) is 4.39 Å². The molecule has 0 spiro atoms. The van der Waals surface area contributed by atoms with E-state index in [4.69, 9.17) is 4.74 Å². The minimum atomic E-state index is -0.199. The van der Waals surface area contributed by atoms with Gasteiger partial charge in [-0.2, -0.15) is 0 Å². The van der Waals surface area contributed by atoms with Crippen molar-refractivity contribution in [2.45, 2.75) is 25.9 Å². The first-order valence-electron chi connectivity index (χ1n) is 5.12. The molecule has 0 bridgehead atoms. The molecule has 2 nitrogen and oxygen atoms in total. The average Bonchev–Trinajstić information content (AvgIpc) is 2.16. The molecule has 0 radical (unpaired) electrons. The Kier molecular flexibility index (Phi) is 4.89. The van der Waals surface area contributed by atoms with Gasteiger partial charge in [0.25, 0.3) is 0 Å². The Bertz CT molecular complexity index is 355. The van der Waals surface area contributed by atoms with Crippen molar-refractivity contribution in [3.63, 3.8) is 0 Å². The summed E-state index contributed by atoms with van der Waals surface area (Å²) in [5.41, 5.74) is 0.501. The van der Waals surface area contributed by atoms with Crippen molar-refractivity contribution in [1.82, 2.24) is 5.32 Å². The van der Waals surface area contributed by atoms with E-state index in [0.717, 1.165) is 4.47 Å². The van der Waals surface area contributed by atoms with Gasteiger partial charge < -0.3 is 10.1 Å². The Hall–Kier alpha value is -0.450. The van der Waals surface area contributed by atoms with E-state index in [1.54, 1.807) is 13.2 Å². The van der Waals surface area contributed by atoms with Gasteiger partial charge in [-0.05, 0) is 26.0 Å². The summed E-state index contributed by atoms with van der Waals surface area (Å²) in [6.07, 6.45) is 0. The molecule has 0 fully saturated rings. The summed E-state index contributed by atoms with van der Waals surface area (Å²) in [6.45, 7) is 5.13. The number of methoxy groups -OCH3 is 1. The first-order chi connectivity index (χ1) is 7.44. The first-order valence-corrected chi connectivity index (χ1v) is 5.92. The molecule has 1 rings (SSSR count). The number of nitrogens with one attached hydrogen (secondary N) is 1. The maximum absolute atomic E-state index is 13.5. The molecule has 0 amide bonds. The minimum absolute atomic E-state index is 0.158. The quantitative estimate of drug-likeness (QED) is 0.899. The van der Waals surface area contributed by atoms with Crippen LogP contribution in [0, 0.1) is 5.82 Å². The smallest absolute Gasteiger partial charge is 0.128 e. The highest BCUT2D eigenvalue weighted by Gasteiger charge is 2.17. The van der Waals surface area contributed by atoms with Gasteiger partial charge in [0.05, 0.1) is 6.61 Å². The number of benzene rings is 1. The SMILES string of the molecule is COCC(C)(C)NCc1ccc(Br)cc1F. The van der Waals surface area contributed by atoms with Crippen molar-refractivity contribution in [2.24, 2.45) is 0 Å². The van der Waals surface area contributed by atoms with Crippen molar-refractivity contribution in [3.05, 3.63) is 34.1 Å². The molecule has 0 heterocycles. The lowest BCUT2D eigenvalue weighted by Gasteiger charge is -2.25. The van der Waals surface area contributed by atoms with Crippen LogP contribution < -0.4 is 5.32 Å². The average molecular weight is 290 g/mol. The summed E-state index contributed by atoms with van der Waals surface area (Å²) in [5, 5.41) is 3.26. The van der Waals surface area contributed by atoms with Crippen LogP contribution >= 0.6 is 15.9 Å². The van der Waals surface area contributed by atoms with Crippen LogP contribution in [0.4, 0.5) is 4.39 Å². The molecule has 4 heteroatoms. The van der Waals surface area contributed by atoms with Crippen LogP contribution in [0.15, 0.2) is 22.7 Å². The third-order valence-electron chi connectivity index (χ3n) is 2.28. The molecular formula is C12H17BrFNO. The summed E-state index contributed by atoms with van der Waals surface area (Å²) < 4.78 is 19.3. The second-order valence-electron chi connectivity index (χ2n) is 4.41. The van der Waals surface area contributed by atoms with E-state index in [-0.39, 0.29) is 11.4 Å². The lowest BCUT2D eigenvalue weighted by Crippen LogP contribution is -2.42.